The van der Waals surface area contributed by atoms with E-state index in [-0.39, 0.29) is 4.66 Å². The van der Waals surface area contributed by atoms with E-state index in [0.29, 0.717) is 19.1 Å². The highest BCUT2D eigenvalue weighted by Crippen LogP contribution is 2.20. The minimum atomic E-state index is -3.08. The fourth-order valence-corrected chi connectivity index (χ4v) is 4.06. The molecule has 0 bridgehead atoms. The van der Waals surface area contributed by atoms with Gasteiger partial charge in [-0.2, -0.15) is 4.31 Å². The van der Waals surface area contributed by atoms with E-state index in [4.69, 9.17) is 4.74 Å². The second-order valence-corrected chi connectivity index (χ2v) is 7.44. The maximum atomic E-state index is 11.7. The standard InChI is InChI=1S/C9H17BrN2O3S/c10-8-16(13,14)12-2-1-9(7-12)11-3-5-15-6-4-11/h9H,1-8H2. The summed E-state index contributed by atoms with van der Waals surface area (Å²) < 4.78 is 30.2. The van der Waals surface area contributed by atoms with Crippen molar-refractivity contribution in [3.05, 3.63) is 0 Å². The fraction of sp³-hybridized carbons (Fsp3) is 1.00. The van der Waals surface area contributed by atoms with Crippen LogP contribution in [0.4, 0.5) is 0 Å². The highest BCUT2D eigenvalue weighted by atomic mass is 79.9. The third-order valence-corrected chi connectivity index (χ3v) is 6.35. The van der Waals surface area contributed by atoms with Crippen molar-refractivity contribution in [3.8, 4) is 0 Å². The van der Waals surface area contributed by atoms with Crippen molar-refractivity contribution in [1.29, 1.82) is 0 Å². The summed E-state index contributed by atoms with van der Waals surface area (Å²) in [5, 5.41) is 0. The molecule has 94 valence electrons. The number of alkyl halides is 1. The summed E-state index contributed by atoms with van der Waals surface area (Å²) in [4.78, 5) is 2.34. The first-order valence-corrected chi connectivity index (χ1v) is 8.22. The molecule has 2 saturated heterocycles. The van der Waals surface area contributed by atoms with Crippen molar-refractivity contribution in [2.75, 3.05) is 44.1 Å². The van der Waals surface area contributed by atoms with Crippen molar-refractivity contribution in [2.24, 2.45) is 0 Å². The van der Waals surface area contributed by atoms with E-state index in [1.807, 2.05) is 0 Å². The van der Waals surface area contributed by atoms with E-state index in [1.165, 1.54) is 0 Å². The average Bonchev–Trinajstić information content (AvgIpc) is 2.80. The Kier molecular flexibility index (Phi) is 4.23. The Bertz CT molecular complexity index is 330. The van der Waals surface area contributed by atoms with E-state index < -0.39 is 10.0 Å². The van der Waals surface area contributed by atoms with Gasteiger partial charge in [-0.3, -0.25) is 4.90 Å². The summed E-state index contributed by atoms with van der Waals surface area (Å²) >= 11 is 3.03. The normalized spacial score (nSPS) is 29.7. The van der Waals surface area contributed by atoms with Crippen LogP contribution < -0.4 is 0 Å². The lowest BCUT2D eigenvalue weighted by Gasteiger charge is -2.31. The lowest BCUT2D eigenvalue weighted by atomic mass is 10.2. The lowest BCUT2D eigenvalue weighted by Crippen LogP contribution is -2.45. The molecule has 0 aromatic rings. The largest absolute Gasteiger partial charge is 0.379 e. The monoisotopic (exact) mass is 312 g/mol. The molecule has 0 spiro atoms. The highest BCUT2D eigenvalue weighted by Gasteiger charge is 2.34. The van der Waals surface area contributed by atoms with Crippen LogP contribution in [0.25, 0.3) is 0 Å². The van der Waals surface area contributed by atoms with Crippen LogP contribution in [-0.4, -0.2) is 67.7 Å². The van der Waals surface area contributed by atoms with Gasteiger partial charge in [-0.15, -0.1) is 0 Å². The summed E-state index contributed by atoms with van der Waals surface area (Å²) in [5.41, 5.74) is 0. The van der Waals surface area contributed by atoms with Crippen LogP contribution in [0, 0.1) is 0 Å². The molecule has 1 unspecified atom stereocenters. The maximum Gasteiger partial charge on any atom is 0.224 e. The molecule has 0 saturated carbocycles. The minimum Gasteiger partial charge on any atom is -0.379 e. The Morgan fingerprint density at radius 2 is 1.94 bits per heavy atom. The molecule has 5 nitrogen and oxygen atoms in total. The number of rotatable bonds is 3. The van der Waals surface area contributed by atoms with Gasteiger partial charge < -0.3 is 4.74 Å². The van der Waals surface area contributed by atoms with E-state index in [9.17, 15) is 8.42 Å². The second kappa shape index (κ2) is 5.30. The lowest BCUT2D eigenvalue weighted by molar-refractivity contribution is 0.0197. The van der Waals surface area contributed by atoms with Crippen LogP contribution in [-0.2, 0) is 14.8 Å². The first-order valence-electron chi connectivity index (χ1n) is 5.49. The molecule has 2 aliphatic heterocycles. The molecule has 2 rings (SSSR count). The number of nitrogens with zero attached hydrogens (tertiary/aromatic N) is 2. The van der Waals surface area contributed by atoms with E-state index in [0.717, 1.165) is 32.7 Å². The number of halogens is 1. The molecule has 2 heterocycles. The van der Waals surface area contributed by atoms with Crippen LogP contribution in [0.15, 0.2) is 0 Å². The molecule has 0 aliphatic carbocycles. The van der Waals surface area contributed by atoms with Gasteiger partial charge in [0.25, 0.3) is 0 Å². The van der Waals surface area contributed by atoms with Crippen LogP contribution in [0.5, 0.6) is 0 Å². The van der Waals surface area contributed by atoms with E-state index in [2.05, 4.69) is 20.8 Å². The summed E-state index contributed by atoms with van der Waals surface area (Å²) in [6.07, 6.45) is 0.937. The first kappa shape index (κ1) is 12.8. The van der Waals surface area contributed by atoms with Gasteiger partial charge in [0, 0.05) is 32.2 Å². The zero-order chi connectivity index (χ0) is 11.6. The predicted molar refractivity (Wildman–Crippen MR) is 65.1 cm³/mol. The van der Waals surface area contributed by atoms with E-state index in [1.54, 1.807) is 4.31 Å². The van der Waals surface area contributed by atoms with Gasteiger partial charge in [0.1, 0.15) is 4.66 Å². The van der Waals surface area contributed by atoms with Gasteiger partial charge >= 0.3 is 0 Å². The summed E-state index contributed by atoms with van der Waals surface area (Å²) in [6, 6.07) is 0.373. The van der Waals surface area contributed by atoms with Gasteiger partial charge in [0.05, 0.1) is 13.2 Å². The maximum absolute atomic E-state index is 11.7. The van der Waals surface area contributed by atoms with Crippen molar-refractivity contribution >= 4 is 26.0 Å². The Morgan fingerprint density at radius 1 is 1.25 bits per heavy atom. The molecule has 0 N–H and O–H groups in total. The molecule has 7 heteroatoms. The third kappa shape index (κ3) is 2.76. The number of hydrogen-bond donors (Lipinski definition) is 0. The van der Waals surface area contributed by atoms with Crippen molar-refractivity contribution < 1.29 is 13.2 Å². The van der Waals surface area contributed by atoms with Crippen molar-refractivity contribution in [2.45, 2.75) is 12.5 Å². The van der Waals surface area contributed by atoms with Crippen LogP contribution >= 0.6 is 15.9 Å². The Labute approximate surface area is 105 Å². The number of sulfonamides is 1. The fourth-order valence-electron chi connectivity index (χ4n) is 2.27. The molecule has 1 atom stereocenters. The molecule has 0 aromatic heterocycles. The highest BCUT2D eigenvalue weighted by molar-refractivity contribution is 9.10. The quantitative estimate of drug-likeness (QED) is 0.692. The third-order valence-electron chi connectivity index (χ3n) is 3.22. The molecular weight excluding hydrogens is 296 g/mol. The number of hydrogen-bond acceptors (Lipinski definition) is 4. The zero-order valence-electron chi connectivity index (χ0n) is 9.14. The summed E-state index contributed by atoms with van der Waals surface area (Å²) in [7, 11) is -3.08. The van der Waals surface area contributed by atoms with Crippen molar-refractivity contribution in [3.63, 3.8) is 0 Å². The predicted octanol–water partition coefficient (Wildman–Crippen LogP) is 0.0751. The summed E-state index contributed by atoms with van der Waals surface area (Å²) in [6.45, 7) is 4.66. The second-order valence-electron chi connectivity index (χ2n) is 4.17. The molecule has 0 amide bonds. The first-order chi connectivity index (χ1) is 7.63. The topological polar surface area (TPSA) is 49.9 Å². The van der Waals surface area contributed by atoms with Gasteiger partial charge in [-0.05, 0) is 6.42 Å². The van der Waals surface area contributed by atoms with Crippen molar-refractivity contribution in [1.82, 2.24) is 9.21 Å². The Balaban J connectivity index is 1.92. The van der Waals surface area contributed by atoms with Crippen LogP contribution in [0.2, 0.25) is 0 Å². The van der Waals surface area contributed by atoms with Crippen LogP contribution in [0.3, 0.4) is 0 Å². The smallest absolute Gasteiger partial charge is 0.224 e. The minimum absolute atomic E-state index is 0.0236. The SMILES string of the molecule is O=S(=O)(CBr)N1CCC(N2CCOCC2)C1. The molecular formula is C9H17BrN2O3S. The van der Waals surface area contributed by atoms with Gasteiger partial charge in [-0.1, -0.05) is 15.9 Å². The molecule has 2 aliphatic rings. The average molecular weight is 313 g/mol. The van der Waals surface area contributed by atoms with E-state index >= 15 is 0 Å². The van der Waals surface area contributed by atoms with Gasteiger partial charge in [0.2, 0.25) is 10.0 Å². The molecule has 0 radical (unpaired) electrons. The summed E-state index contributed by atoms with van der Waals surface area (Å²) in [5.74, 6) is 0. The Hall–Kier alpha value is 0.310. The Morgan fingerprint density at radius 3 is 2.56 bits per heavy atom. The van der Waals surface area contributed by atoms with Crippen LogP contribution in [0.1, 0.15) is 6.42 Å². The number of morpholine rings is 1. The van der Waals surface area contributed by atoms with Gasteiger partial charge in [0.15, 0.2) is 0 Å². The van der Waals surface area contributed by atoms with Gasteiger partial charge in [-0.25, -0.2) is 8.42 Å². The molecule has 2 fully saturated rings. The number of ether oxygens (including phenoxy) is 1. The molecule has 0 aromatic carbocycles. The molecule has 16 heavy (non-hydrogen) atoms. The zero-order valence-corrected chi connectivity index (χ0v) is 11.5.